The van der Waals surface area contributed by atoms with E-state index in [4.69, 9.17) is 4.74 Å². The van der Waals surface area contributed by atoms with E-state index in [1.165, 1.54) is 16.8 Å². The second-order valence-corrected chi connectivity index (χ2v) is 6.83. The van der Waals surface area contributed by atoms with E-state index >= 15 is 0 Å². The van der Waals surface area contributed by atoms with Gasteiger partial charge in [-0.3, -0.25) is 0 Å². The average molecular weight is 276 g/mol. The van der Waals surface area contributed by atoms with Gasteiger partial charge in [0.15, 0.2) is 0 Å². The van der Waals surface area contributed by atoms with Crippen molar-refractivity contribution in [2.75, 3.05) is 24.7 Å². The second-order valence-electron chi connectivity index (χ2n) is 6.83. The summed E-state index contributed by atoms with van der Waals surface area (Å²) < 4.78 is 5.51. The molecule has 0 saturated carbocycles. The molecule has 0 amide bonds. The van der Waals surface area contributed by atoms with E-state index < -0.39 is 0 Å². The van der Waals surface area contributed by atoms with Crippen LogP contribution < -0.4 is 10.2 Å². The summed E-state index contributed by atoms with van der Waals surface area (Å²) in [6.07, 6.45) is 0. The van der Waals surface area contributed by atoms with Gasteiger partial charge in [-0.15, -0.1) is 0 Å². The van der Waals surface area contributed by atoms with E-state index in [1.807, 2.05) is 0 Å². The number of hydrogen-bond donors (Lipinski definition) is 1. The monoisotopic (exact) mass is 276 g/mol. The summed E-state index contributed by atoms with van der Waals surface area (Å²) in [5.74, 6) is 0. The molecule has 1 aliphatic rings. The van der Waals surface area contributed by atoms with Crippen LogP contribution in [0, 0.1) is 6.92 Å². The average Bonchev–Trinajstić information content (AvgIpc) is 2.37. The van der Waals surface area contributed by atoms with Gasteiger partial charge in [0.05, 0.1) is 13.2 Å². The van der Waals surface area contributed by atoms with Crippen LogP contribution >= 0.6 is 0 Å². The van der Waals surface area contributed by atoms with Gasteiger partial charge in [-0.2, -0.15) is 0 Å². The zero-order valence-corrected chi connectivity index (χ0v) is 13.5. The van der Waals surface area contributed by atoms with E-state index in [1.54, 1.807) is 0 Å². The lowest BCUT2D eigenvalue weighted by Gasteiger charge is -2.35. The van der Waals surface area contributed by atoms with Crippen LogP contribution in [0.15, 0.2) is 18.2 Å². The molecule has 1 unspecified atom stereocenters. The molecular formula is C17H28N2O. The molecule has 0 bridgehead atoms. The molecule has 3 nitrogen and oxygen atoms in total. The quantitative estimate of drug-likeness (QED) is 0.918. The number of hydrogen-bond acceptors (Lipinski definition) is 3. The lowest BCUT2D eigenvalue weighted by Crippen LogP contribution is -2.43. The number of nitrogens with one attached hydrogen (secondary N) is 1. The van der Waals surface area contributed by atoms with Crippen LogP contribution in [0.2, 0.25) is 0 Å². The van der Waals surface area contributed by atoms with Gasteiger partial charge in [0.2, 0.25) is 0 Å². The van der Waals surface area contributed by atoms with Crippen molar-refractivity contribution in [2.45, 2.75) is 52.7 Å². The highest BCUT2D eigenvalue weighted by Crippen LogP contribution is 2.23. The maximum absolute atomic E-state index is 5.51. The summed E-state index contributed by atoms with van der Waals surface area (Å²) in [4.78, 5) is 2.44. The molecule has 1 atom stereocenters. The first-order valence-corrected chi connectivity index (χ1v) is 7.56. The minimum atomic E-state index is 0.157. The highest BCUT2D eigenvalue weighted by molar-refractivity contribution is 5.52. The van der Waals surface area contributed by atoms with Crippen LogP contribution in [0.3, 0.4) is 0 Å². The number of aryl methyl sites for hydroxylation is 1. The van der Waals surface area contributed by atoms with Crippen molar-refractivity contribution in [3.05, 3.63) is 29.3 Å². The summed E-state index contributed by atoms with van der Waals surface area (Å²) in [7, 11) is 0. The molecule has 112 valence electrons. The highest BCUT2D eigenvalue weighted by atomic mass is 16.5. The fourth-order valence-corrected chi connectivity index (χ4v) is 2.53. The van der Waals surface area contributed by atoms with Crippen LogP contribution in [0.25, 0.3) is 0 Å². The summed E-state index contributed by atoms with van der Waals surface area (Å²) in [5.41, 5.74) is 4.21. The summed E-state index contributed by atoms with van der Waals surface area (Å²) >= 11 is 0. The maximum atomic E-state index is 5.51. The summed E-state index contributed by atoms with van der Waals surface area (Å²) in [5, 5.41) is 3.55. The minimum absolute atomic E-state index is 0.157. The van der Waals surface area contributed by atoms with Crippen LogP contribution in [-0.4, -0.2) is 31.3 Å². The fraction of sp³-hybridized carbons (Fsp3) is 0.647. The normalized spacial score (nSPS) is 20.2. The molecule has 1 aliphatic heterocycles. The molecule has 20 heavy (non-hydrogen) atoms. The Labute approximate surface area is 123 Å². The molecule has 1 N–H and O–H groups in total. The van der Waals surface area contributed by atoms with E-state index in [0.717, 1.165) is 26.3 Å². The Morgan fingerprint density at radius 3 is 2.70 bits per heavy atom. The predicted octanol–water partition coefficient (Wildman–Crippen LogP) is 3.11. The molecule has 0 spiro atoms. The van der Waals surface area contributed by atoms with Gasteiger partial charge in [-0.25, -0.2) is 0 Å². The molecule has 1 fully saturated rings. The Morgan fingerprint density at radius 2 is 2.10 bits per heavy atom. The summed E-state index contributed by atoms with van der Waals surface area (Å²) in [6.45, 7) is 14.6. The number of rotatable bonds is 3. The first-order chi connectivity index (χ1) is 9.37. The Hall–Kier alpha value is -1.06. The lowest BCUT2D eigenvalue weighted by atomic mass is 10.0. The number of nitrogens with zero attached hydrogens (tertiary/aromatic N) is 1. The van der Waals surface area contributed by atoms with Crippen LogP contribution in [0.1, 0.15) is 38.8 Å². The Balaban J connectivity index is 2.09. The van der Waals surface area contributed by atoms with E-state index in [0.29, 0.717) is 6.04 Å². The standard InChI is InChI=1S/C17H28N2O/c1-13-10-16(19-8-9-20-12-14(19)2)7-6-15(13)11-18-17(3,4)5/h6-7,10,14,18H,8-9,11-12H2,1-5H3. The van der Waals surface area contributed by atoms with Crippen molar-refractivity contribution in [3.63, 3.8) is 0 Å². The molecule has 2 rings (SSSR count). The SMILES string of the molecule is Cc1cc(N2CCOCC2C)ccc1CNC(C)(C)C. The number of benzene rings is 1. The second kappa shape index (κ2) is 6.15. The topological polar surface area (TPSA) is 24.5 Å². The van der Waals surface area contributed by atoms with Crippen LogP contribution in [0.4, 0.5) is 5.69 Å². The third-order valence-corrected chi connectivity index (χ3v) is 3.83. The van der Waals surface area contributed by atoms with Crippen LogP contribution in [0.5, 0.6) is 0 Å². The Kier molecular flexibility index (Phi) is 4.71. The number of ether oxygens (including phenoxy) is 1. The molecule has 1 heterocycles. The van der Waals surface area contributed by atoms with Crippen molar-refractivity contribution in [2.24, 2.45) is 0 Å². The van der Waals surface area contributed by atoms with Crippen LogP contribution in [-0.2, 0) is 11.3 Å². The van der Waals surface area contributed by atoms with Crippen molar-refractivity contribution in [1.82, 2.24) is 5.32 Å². The van der Waals surface area contributed by atoms with Crippen molar-refractivity contribution in [3.8, 4) is 0 Å². The van der Waals surface area contributed by atoms with E-state index in [-0.39, 0.29) is 5.54 Å². The molecule has 0 aromatic heterocycles. The molecule has 0 radical (unpaired) electrons. The van der Waals surface area contributed by atoms with Gasteiger partial charge in [-0.05, 0) is 57.9 Å². The largest absolute Gasteiger partial charge is 0.377 e. The van der Waals surface area contributed by atoms with Gasteiger partial charge in [0.1, 0.15) is 0 Å². The van der Waals surface area contributed by atoms with Gasteiger partial charge < -0.3 is 15.0 Å². The van der Waals surface area contributed by atoms with E-state index in [2.05, 4.69) is 63.0 Å². The van der Waals surface area contributed by atoms with E-state index in [9.17, 15) is 0 Å². The molecule has 3 heteroatoms. The first-order valence-electron chi connectivity index (χ1n) is 7.56. The van der Waals surface area contributed by atoms with Gasteiger partial charge in [0.25, 0.3) is 0 Å². The van der Waals surface area contributed by atoms with Crippen molar-refractivity contribution >= 4 is 5.69 Å². The molecule has 1 aromatic rings. The fourth-order valence-electron chi connectivity index (χ4n) is 2.53. The third-order valence-electron chi connectivity index (χ3n) is 3.83. The maximum Gasteiger partial charge on any atom is 0.0668 e. The predicted molar refractivity (Wildman–Crippen MR) is 85.4 cm³/mol. The minimum Gasteiger partial charge on any atom is -0.377 e. The Bertz CT molecular complexity index is 451. The highest BCUT2D eigenvalue weighted by Gasteiger charge is 2.19. The number of morpholine rings is 1. The first kappa shape index (κ1) is 15.3. The molecule has 1 saturated heterocycles. The number of anilines is 1. The van der Waals surface area contributed by atoms with Gasteiger partial charge in [-0.1, -0.05) is 6.07 Å². The lowest BCUT2D eigenvalue weighted by molar-refractivity contribution is 0.0989. The molecule has 0 aliphatic carbocycles. The zero-order valence-electron chi connectivity index (χ0n) is 13.5. The zero-order chi connectivity index (χ0) is 14.8. The van der Waals surface area contributed by atoms with Crippen molar-refractivity contribution < 1.29 is 4.74 Å². The third kappa shape index (κ3) is 3.97. The van der Waals surface area contributed by atoms with Gasteiger partial charge in [0, 0.05) is 30.4 Å². The summed E-state index contributed by atoms with van der Waals surface area (Å²) in [6, 6.07) is 7.27. The molecular weight excluding hydrogens is 248 g/mol. The Morgan fingerprint density at radius 1 is 1.35 bits per heavy atom. The molecule has 1 aromatic carbocycles. The van der Waals surface area contributed by atoms with Crippen molar-refractivity contribution in [1.29, 1.82) is 0 Å². The smallest absolute Gasteiger partial charge is 0.0668 e. The van der Waals surface area contributed by atoms with Gasteiger partial charge >= 0.3 is 0 Å².